The van der Waals surface area contributed by atoms with Gasteiger partial charge in [-0.05, 0) is 68.2 Å². The summed E-state index contributed by atoms with van der Waals surface area (Å²) in [7, 11) is 0. The first-order valence-corrected chi connectivity index (χ1v) is 9.05. The number of aromatic nitrogens is 1. The van der Waals surface area contributed by atoms with Gasteiger partial charge in [0.2, 0.25) is 0 Å². The van der Waals surface area contributed by atoms with E-state index in [0.29, 0.717) is 11.6 Å². The molecule has 5 nitrogen and oxygen atoms in total. The Balaban J connectivity index is 1.45. The van der Waals surface area contributed by atoms with E-state index in [1.807, 2.05) is 12.3 Å². The number of hydrogen-bond acceptors (Lipinski definition) is 4. The first-order chi connectivity index (χ1) is 12.7. The highest BCUT2D eigenvalue weighted by Crippen LogP contribution is 2.36. The number of benzene rings is 1. The summed E-state index contributed by atoms with van der Waals surface area (Å²) >= 11 is 0. The van der Waals surface area contributed by atoms with Gasteiger partial charge in [-0.25, -0.2) is 9.18 Å². The lowest BCUT2D eigenvalue weighted by Gasteiger charge is -2.50. The van der Waals surface area contributed by atoms with Crippen LogP contribution >= 0.6 is 0 Å². The summed E-state index contributed by atoms with van der Waals surface area (Å²) in [5, 5.41) is 2.70. The van der Waals surface area contributed by atoms with Crippen molar-refractivity contribution >= 4 is 11.8 Å². The molecule has 2 atom stereocenters. The Morgan fingerprint density at radius 3 is 2.69 bits per heavy atom. The van der Waals surface area contributed by atoms with E-state index < -0.39 is 6.09 Å². The summed E-state index contributed by atoms with van der Waals surface area (Å²) < 4.78 is 18.8. The zero-order valence-electron chi connectivity index (χ0n) is 14.5. The monoisotopic (exact) mass is 355 g/mol. The molecule has 5 rings (SSSR count). The fourth-order valence-corrected chi connectivity index (χ4v) is 4.09. The molecule has 3 fully saturated rings. The van der Waals surface area contributed by atoms with Gasteiger partial charge in [-0.2, -0.15) is 0 Å². The highest BCUT2D eigenvalue weighted by atomic mass is 19.1. The van der Waals surface area contributed by atoms with Crippen molar-refractivity contribution < 1.29 is 13.9 Å². The molecule has 4 heterocycles. The predicted molar refractivity (Wildman–Crippen MR) is 96.3 cm³/mol. The van der Waals surface area contributed by atoms with Gasteiger partial charge in [-0.15, -0.1) is 0 Å². The number of fused-ring (bicyclic) bond motifs is 3. The Morgan fingerprint density at radius 1 is 1.23 bits per heavy atom. The SMILES string of the molecule is O=C(Nc1ccc(F)cc1)O[C@@H]1C2CCN(CC2)[C@H]1Cc1cccnc1. The van der Waals surface area contributed by atoms with E-state index in [1.54, 1.807) is 6.20 Å². The second-order valence-electron chi connectivity index (χ2n) is 7.01. The summed E-state index contributed by atoms with van der Waals surface area (Å²) in [6, 6.07) is 9.85. The van der Waals surface area contributed by atoms with Crippen LogP contribution in [0.1, 0.15) is 18.4 Å². The molecule has 136 valence electrons. The van der Waals surface area contributed by atoms with Crippen LogP contribution in [0.15, 0.2) is 48.8 Å². The fourth-order valence-electron chi connectivity index (χ4n) is 4.09. The minimum atomic E-state index is -0.480. The number of halogens is 1. The molecule has 2 bridgehead atoms. The zero-order valence-corrected chi connectivity index (χ0v) is 14.5. The van der Waals surface area contributed by atoms with E-state index >= 15 is 0 Å². The number of anilines is 1. The smallest absolute Gasteiger partial charge is 0.411 e. The molecule has 2 aromatic rings. The third kappa shape index (κ3) is 3.70. The molecule has 3 aliphatic rings. The van der Waals surface area contributed by atoms with Crippen LogP contribution in [0.25, 0.3) is 0 Å². The quantitative estimate of drug-likeness (QED) is 0.912. The summed E-state index contributed by atoms with van der Waals surface area (Å²) in [6.07, 6.45) is 5.94. The maximum absolute atomic E-state index is 13.0. The van der Waals surface area contributed by atoms with Crippen LogP contribution in [0.5, 0.6) is 0 Å². The van der Waals surface area contributed by atoms with Gasteiger partial charge in [0.25, 0.3) is 0 Å². The number of nitrogens with one attached hydrogen (secondary N) is 1. The van der Waals surface area contributed by atoms with Crippen LogP contribution < -0.4 is 5.32 Å². The van der Waals surface area contributed by atoms with Crippen LogP contribution in [0.4, 0.5) is 14.9 Å². The molecule has 1 aromatic heterocycles. The number of rotatable bonds is 4. The normalized spacial score (nSPS) is 27.1. The number of carbonyl (C=O) groups is 1. The van der Waals surface area contributed by atoms with Gasteiger partial charge in [0.05, 0.1) is 6.04 Å². The Morgan fingerprint density at radius 2 is 2.00 bits per heavy atom. The average Bonchev–Trinajstić information content (AvgIpc) is 2.67. The summed E-state index contributed by atoms with van der Waals surface area (Å²) in [5.74, 6) is 0.0541. The predicted octanol–water partition coefficient (Wildman–Crippen LogP) is 3.47. The van der Waals surface area contributed by atoms with Gasteiger partial charge in [-0.1, -0.05) is 6.07 Å². The molecular formula is C20H22FN3O2. The van der Waals surface area contributed by atoms with E-state index in [-0.39, 0.29) is 18.0 Å². The maximum atomic E-state index is 13.0. The number of nitrogens with zero attached hydrogens (tertiary/aromatic N) is 2. The van der Waals surface area contributed by atoms with Crippen molar-refractivity contribution in [2.45, 2.75) is 31.4 Å². The first kappa shape index (κ1) is 17.0. The molecule has 0 spiro atoms. The van der Waals surface area contributed by atoms with Crippen LogP contribution in [0, 0.1) is 11.7 Å². The molecule has 1 N–H and O–H groups in total. The van der Waals surface area contributed by atoms with Crippen molar-refractivity contribution in [3.05, 3.63) is 60.2 Å². The molecule has 1 aromatic carbocycles. The van der Waals surface area contributed by atoms with Gasteiger partial charge in [0, 0.05) is 24.0 Å². The minimum absolute atomic E-state index is 0.141. The van der Waals surface area contributed by atoms with Gasteiger partial charge in [-0.3, -0.25) is 15.2 Å². The Kier molecular flexibility index (Phi) is 4.84. The number of carbonyl (C=O) groups excluding carboxylic acids is 1. The van der Waals surface area contributed by atoms with Gasteiger partial charge >= 0.3 is 6.09 Å². The lowest BCUT2D eigenvalue weighted by molar-refractivity contribution is -0.0741. The molecule has 0 radical (unpaired) electrons. The van der Waals surface area contributed by atoms with Crippen molar-refractivity contribution in [2.75, 3.05) is 18.4 Å². The number of pyridine rings is 1. The third-order valence-electron chi connectivity index (χ3n) is 5.39. The van der Waals surface area contributed by atoms with Crippen LogP contribution in [-0.4, -0.2) is 41.2 Å². The molecule has 3 saturated heterocycles. The number of hydrogen-bond donors (Lipinski definition) is 1. The molecule has 0 unspecified atom stereocenters. The van der Waals surface area contributed by atoms with Crippen LogP contribution in [-0.2, 0) is 11.2 Å². The van der Waals surface area contributed by atoms with E-state index in [4.69, 9.17) is 4.74 Å². The summed E-state index contributed by atoms with van der Waals surface area (Å²) in [5.41, 5.74) is 1.68. The second-order valence-corrected chi connectivity index (χ2v) is 7.01. The third-order valence-corrected chi connectivity index (χ3v) is 5.39. The average molecular weight is 355 g/mol. The van der Waals surface area contributed by atoms with E-state index in [1.165, 1.54) is 24.3 Å². The van der Waals surface area contributed by atoms with Crippen molar-refractivity contribution in [1.29, 1.82) is 0 Å². The van der Waals surface area contributed by atoms with E-state index in [2.05, 4.69) is 21.3 Å². The highest BCUT2D eigenvalue weighted by Gasteiger charge is 2.44. The van der Waals surface area contributed by atoms with Crippen molar-refractivity contribution in [2.24, 2.45) is 5.92 Å². The summed E-state index contributed by atoms with van der Waals surface area (Å²) in [6.45, 7) is 2.10. The topological polar surface area (TPSA) is 54.5 Å². The molecule has 6 heteroatoms. The largest absolute Gasteiger partial charge is 0.444 e. The molecule has 26 heavy (non-hydrogen) atoms. The Labute approximate surface area is 152 Å². The van der Waals surface area contributed by atoms with Gasteiger partial charge in [0.15, 0.2) is 0 Å². The van der Waals surface area contributed by atoms with Gasteiger partial charge < -0.3 is 4.74 Å². The summed E-state index contributed by atoms with van der Waals surface area (Å²) in [4.78, 5) is 19.0. The van der Waals surface area contributed by atoms with Crippen LogP contribution in [0.3, 0.4) is 0 Å². The fraction of sp³-hybridized carbons (Fsp3) is 0.400. The molecule has 1 amide bonds. The van der Waals surface area contributed by atoms with Crippen LogP contribution in [0.2, 0.25) is 0 Å². The zero-order chi connectivity index (χ0) is 17.9. The Hall–Kier alpha value is -2.47. The molecule has 0 aliphatic carbocycles. The van der Waals surface area contributed by atoms with Gasteiger partial charge in [0.1, 0.15) is 11.9 Å². The maximum Gasteiger partial charge on any atom is 0.411 e. The number of amides is 1. The highest BCUT2D eigenvalue weighted by molar-refractivity contribution is 5.84. The lowest BCUT2D eigenvalue weighted by Crippen LogP contribution is -2.60. The Bertz CT molecular complexity index is 745. The van der Waals surface area contributed by atoms with E-state index in [9.17, 15) is 9.18 Å². The van der Waals surface area contributed by atoms with Crippen molar-refractivity contribution in [3.8, 4) is 0 Å². The van der Waals surface area contributed by atoms with Crippen molar-refractivity contribution in [3.63, 3.8) is 0 Å². The molecular weight excluding hydrogens is 333 g/mol. The number of piperidine rings is 3. The van der Waals surface area contributed by atoms with E-state index in [0.717, 1.165) is 37.9 Å². The number of ether oxygens (including phenoxy) is 1. The minimum Gasteiger partial charge on any atom is -0.444 e. The standard InChI is InChI=1S/C20H22FN3O2/c21-16-3-5-17(6-4-16)23-20(25)26-19-15-7-10-24(11-8-15)18(19)12-14-2-1-9-22-13-14/h1-6,9,13,15,18-19H,7-8,10-12H2,(H,23,25)/t18-,19+/m0/s1. The molecule has 3 aliphatic heterocycles. The lowest BCUT2D eigenvalue weighted by atomic mass is 9.78. The first-order valence-electron chi connectivity index (χ1n) is 9.05. The van der Waals surface area contributed by atoms with Crippen molar-refractivity contribution in [1.82, 2.24) is 9.88 Å². The molecule has 0 saturated carbocycles. The second kappa shape index (κ2) is 7.41.